The highest BCUT2D eigenvalue weighted by molar-refractivity contribution is 9.11. The van der Waals surface area contributed by atoms with Crippen LogP contribution in [0.1, 0.15) is 15.9 Å². The van der Waals surface area contributed by atoms with Gasteiger partial charge in [0.05, 0.1) is 30.8 Å². The third kappa shape index (κ3) is 6.03. The third-order valence-electron chi connectivity index (χ3n) is 7.11. The Morgan fingerprint density at radius 1 is 0.907 bits per heavy atom. The summed E-state index contributed by atoms with van der Waals surface area (Å²) >= 11 is 8.71. The number of nitrogens with zero attached hydrogens (tertiary/aromatic N) is 2. The highest BCUT2D eigenvalue weighted by atomic mass is 79.9. The number of fused-ring (bicyclic) bond motifs is 3. The number of amides is 1. The molecule has 0 aliphatic heterocycles. The minimum Gasteiger partial charge on any atom is -0.489 e. The lowest BCUT2D eigenvalue weighted by Crippen LogP contribution is -2.35. The summed E-state index contributed by atoms with van der Waals surface area (Å²) in [6.07, 6.45) is 0. The quantitative estimate of drug-likeness (QED) is 0.141. The number of ether oxygens (including phenoxy) is 2. The lowest BCUT2D eigenvalue weighted by atomic mass is 10.0. The molecule has 0 saturated heterocycles. The Morgan fingerprint density at radius 2 is 1.60 bits per heavy atom. The molecule has 6 nitrogen and oxygen atoms in total. The van der Waals surface area contributed by atoms with E-state index in [0.29, 0.717) is 52.3 Å². The average Bonchev–Trinajstić information content (AvgIpc) is 3.41. The van der Waals surface area contributed by atoms with Crippen molar-refractivity contribution in [3.05, 3.63) is 133 Å². The Bertz CT molecular complexity index is 1970. The molecule has 0 fully saturated rings. The second kappa shape index (κ2) is 12.9. The van der Waals surface area contributed by atoms with Crippen molar-refractivity contribution < 1.29 is 14.3 Å². The van der Waals surface area contributed by atoms with Crippen LogP contribution in [0, 0.1) is 0 Å². The van der Waals surface area contributed by atoms with E-state index in [-0.39, 0.29) is 11.5 Å². The Labute approximate surface area is 269 Å². The lowest BCUT2D eigenvalue weighted by Gasteiger charge is -2.24. The van der Waals surface area contributed by atoms with Crippen LogP contribution in [-0.2, 0) is 11.3 Å². The minimum atomic E-state index is -0.231. The van der Waals surface area contributed by atoms with Gasteiger partial charge in [-0.3, -0.25) is 14.0 Å². The van der Waals surface area contributed by atoms with Crippen molar-refractivity contribution in [2.24, 2.45) is 0 Å². The van der Waals surface area contributed by atoms with Gasteiger partial charge in [-0.15, -0.1) is 11.3 Å². The van der Waals surface area contributed by atoms with Crippen LogP contribution in [-0.4, -0.2) is 30.6 Å². The van der Waals surface area contributed by atoms with Crippen molar-refractivity contribution in [3.8, 4) is 16.9 Å². The Kier molecular flexibility index (Phi) is 8.76. The van der Waals surface area contributed by atoms with Gasteiger partial charge in [0.25, 0.3) is 11.5 Å². The van der Waals surface area contributed by atoms with Gasteiger partial charge < -0.3 is 14.4 Å². The molecule has 1 amide bonds. The number of carbonyl (C=O) groups excluding carboxylic acids is 1. The maximum atomic E-state index is 14.5. The van der Waals surface area contributed by atoms with Crippen molar-refractivity contribution in [1.29, 1.82) is 0 Å². The van der Waals surface area contributed by atoms with Crippen LogP contribution in [0.2, 0.25) is 0 Å². The number of benzene rings is 3. The van der Waals surface area contributed by atoms with Crippen LogP contribution >= 0.6 is 43.2 Å². The average molecular weight is 718 g/mol. The molecule has 6 rings (SSSR count). The van der Waals surface area contributed by atoms with E-state index in [1.165, 1.54) is 11.3 Å². The van der Waals surface area contributed by atoms with Gasteiger partial charge in [0, 0.05) is 24.9 Å². The first-order chi connectivity index (χ1) is 20.9. The fourth-order valence-electron chi connectivity index (χ4n) is 5.03. The van der Waals surface area contributed by atoms with Crippen molar-refractivity contribution in [2.75, 3.05) is 25.2 Å². The molecule has 3 aromatic heterocycles. The third-order valence-corrected chi connectivity index (χ3v) is 9.36. The fourth-order valence-corrected chi connectivity index (χ4v) is 7.26. The largest absolute Gasteiger partial charge is 0.489 e. The molecule has 0 aliphatic rings. The van der Waals surface area contributed by atoms with E-state index in [9.17, 15) is 9.59 Å². The molecular formula is C34H26Br2N2O4S. The number of carbonyl (C=O) groups is 1. The van der Waals surface area contributed by atoms with Crippen molar-refractivity contribution in [2.45, 2.75) is 6.61 Å². The molecule has 0 atom stereocenters. The molecular weight excluding hydrogens is 692 g/mol. The summed E-state index contributed by atoms with van der Waals surface area (Å²) in [7, 11) is 1.61. The molecule has 6 aromatic rings. The van der Waals surface area contributed by atoms with E-state index < -0.39 is 0 Å². The second-order valence-corrected chi connectivity index (χ2v) is 13.1. The summed E-state index contributed by atoms with van der Waals surface area (Å²) < 4.78 is 15.2. The minimum absolute atomic E-state index is 0.228. The highest BCUT2D eigenvalue weighted by Crippen LogP contribution is 2.37. The highest BCUT2D eigenvalue weighted by Gasteiger charge is 2.25. The molecule has 9 heteroatoms. The number of halogens is 2. The Morgan fingerprint density at radius 3 is 2.30 bits per heavy atom. The number of hydrogen-bond acceptors (Lipinski definition) is 5. The maximum Gasteiger partial charge on any atom is 0.263 e. The van der Waals surface area contributed by atoms with Gasteiger partial charge >= 0.3 is 0 Å². The zero-order valence-corrected chi connectivity index (χ0v) is 27.1. The first-order valence-corrected chi connectivity index (χ1v) is 15.9. The summed E-state index contributed by atoms with van der Waals surface area (Å²) in [6, 6.07) is 32.5. The van der Waals surface area contributed by atoms with E-state index in [4.69, 9.17) is 9.47 Å². The van der Waals surface area contributed by atoms with E-state index in [2.05, 4.69) is 31.9 Å². The van der Waals surface area contributed by atoms with Crippen LogP contribution in [0.25, 0.3) is 26.7 Å². The van der Waals surface area contributed by atoms with Crippen LogP contribution in [0.5, 0.6) is 5.75 Å². The van der Waals surface area contributed by atoms with Crippen molar-refractivity contribution in [3.63, 3.8) is 0 Å². The van der Waals surface area contributed by atoms with Crippen LogP contribution in [0.4, 0.5) is 5.69 Å². The molecule has 0 N–H and O–H groups in total. The number of hydrogen-bond donors (Lipinski definition) is 0. The van der Waals surface area contributed by atoms with Crippen LogP contribution < -0.4 is 15.2 Å². The molecule has 0 spiro atoms. The van der Waals surface area contributed by atoms with Crippen LogP contribution in [0.15, 0.2) is 116 Å². The Hall–Kier alpha value is -3.76. The van der Waals surface area contributed by atoms with E-state index in [1.807, 2.05) is 97.1 Å². The second-order valence-electron chi connectivity index (χ2n) is 9.85. The monoisotopic (exact) mass is 716 g/mol. The maximum absolute atomic E-state index is 14.5. The fraction of sp³-hybridized carbons (Fsp3) is 0.118. The zero-order chi connectivity index (χ0) is 29.9. The van der Waals surface area contributed by atoms with Gasteiger partial charge in [-0.1, -0.05) is 60.7 Å². The first-order valence-electron chi connectivity index (χ1n) is 13.5. The summed E-state index contributed by atoms with van der Waals surface area (Å²) in [5.74, 6) is 0.458. The van der Waals surface area contributed by atoms with Gasteiger partial charge in [0.1, 0.15) is 12.4 Å². The topological polar surface area (TPSA) is 60.2 Å². The summed E-state index contributed by atoms with van der Waals surface area (Å²) in [6.45, 7) is 1.14. The number of methoxy groups -OCH3 is 1. The van der Waals surface area contributed by atoms with Gasteiger partial charge in [-0.25, -0.2) is 0 Å². The lowest BCUT2D eigenvalue weighted by molar-refractivity contribution is 0.0977. The molecule has 3 heterocycles. The molecule has 0 saturated carbocycles. The molecule has 0 bridgehead atoms. The van der Waals surface area contributed by atoms with Crippen LogP contribution in [0.3, 0.4) is 0 Å². The molecule has 3 aromatic carbocycles. The van der Waals surface area contributed by atoms with Crippen molar-refractivity contribution >= 4 is 70.4 Å². The predicted octanol–water partition coefficient (Wildman–Crippen LogP) is 8.58. The summed E-state index contributed by atoms with van der Waals surface area (Å²) in [5.41, 5.74) is 3.64. The summed E-state index contributed by atoms with van der Waals surface area (Å²) in [5, 5.41) is 0.924. The van der Waals surface area contributed by atoms with Gasteiger partial charge in [-0.2, -0.15) is 0 Å². The zero-order valence-electron chi connectivity index (χ0n) is 23.1. The van der Waals surface area contributed by atoms with Gasteiger partial charge in [0.2, 0.25) is 0 Å². The summed E-state index contributed by atoms with van der Waals surface area (Å²) in [4.78, 5) is 30.3. The molecule has 43 heavy (non-hydrogen) atoms. The predicted molar refractivity (Wildman–Crippen MR) is 181 cm³/mol. The van der Waals surface area contributed by atoms with Gasteiger partial charge in [-0.05, 0) is 90.8 Å². The number of anilines is 1. The molecule has 216 valence electrons. The standard InChI is InChI=1S/C34H26Br2N2O4S/c1-41-17-16-37(25-10-6-3-7-11-25)33(39)28-20-27(23-12-14-26(15-13-23)42-21-22-8-4-2-5-9-22)34(40)38-29(35)18-24-19-30(36)43-32(24)31(28)38/h2-15,18-20H,16-17,21H2,1H3. The Balaban J connectivity index is 1.50. The van der Waals surface area contributed by atoms with E-state index >= 15 is 0 Å². The molecule has 0 unspecified atom stereocenters. The molecule has 0 radical (unpaired) electrons. The number of thiophene rings is 1. The van der Waals surface area contributed by atoms with E-state index in [0.717, 1.165) is 25.1 Å². The number of rotatable bonds is 9. The number of aromatic nitrogens is 1. The number of pyridine rings is 2. The van der Waals surface area contributed by atoms with E-state index in [1.54, 1.807) is 22.5 Å². The SMILES string of the molecule is COCCN(C(=O)c1cc(-c2ccc(OCc3ccccc3)cc2)c(=O)n2c(Br)cc3cc(Br)sc3c12)c1ccccc1. The first kappa shape index (κ1) is 29.3. The normalized spacial score (nSPS) is 11.2. The van der Waals surface area contributed by atoms with Crippen molar-refractivity contribution in [1.82, 2.24) is 4.40 Å². The van der Waals surface area contributed by atoms with Gasteiger partial charge in [0.15, 0.2) is 0 Å². The smallest absolute Gasteiger partial charge is 0.263 e. The molecule has 0 aliphatic carbocycles. The number of para-hydroxylation sites is 1.